The van der Waals surface area contributed by atoms with Crippen molar-refractivity contribution in [3.8, 4) is 33.4 Å². The third kappa shape index (κ3) is 5.22. The molecule has 0 aromatic heterocycles. The molecule has 0 saturated heterocycles. The third-order valence-corrected chi connectivity index (χ3v) is 13.8. The van der Waals surface area contributed by atoms with Crippen LogP contribution in [0, 0.1) is 0 Å². The first-order valence-electron chi connectivity index (χ1n) is 21.7. The van der Waals surface area contributed by atoms with E-state index in [-0.39, 0.29) is 5.41 Å². The summed E-state index contributed by atoms with van der Waals surface area (Å²) in [7, 11) is 0. The van der Waals surface area contributed by atoms with Gasteiger partial charge in [0.25, 0.3) is 0 Å². The molecule has 0 saturated carbocycles. The Labute approximate surface area is 363 Å². The Morgan fingerprint density at radius 3 is 1.55 bits per heavy atom. The van der Waals surface area contributed by atoms with Crippen molar-refractivity contribution in [3.63, 3.8) is 0 Å². The van der Waals surface area contributed by atoms with Crippen LogP contribution in [0.1, 0.15) is 45.9 Å². The molecule has 62 heavy (non-hydrogen) atoms. The Hall–Kier alpha value is -7.74. The highest BCUT2D eigenvalue weighted by Crippen LogP contribution is 2.58. The molecular formula is C61H43N. The van der Waals surface area contributed by atoms with Crippen molar-refractivity contribution in [2.24, 2.45) is 0 Å². The summed E-state index contributed by atoms with van der Waals surface area (Å²) in [4.78, 5) is 2.51. The highest BCUT2D eigenvalue weighted by Gasteiger charge is 2.46. The van der Waals surface area contributed by atoms with Gasteiger partial charge in [0.05, 0.1) is 16.8 Å². The fraction of sp³-hybridized carbons (Fsp3) is 0.0492. The first-order valence-corrected chi connectivity index (χ1v) is 21.7. The van der Waals surface area contributed by atoms with Gasteiger partial charge in [0.2, 0.25) is 0 Å². The van der Waals surface area contributed by atoms with E-state index in [0.29, 0.717) is 0 Å². The summed E-state index contributed by atoms with van der Waals surface area (Å²) >= 11 is 0. The molecule has 0 N–H and O–H groups in total. The lowest BCUT2D eigenvalue weighted by Crippen LogP contribution is -2.28. The van der Waals surface area contributed by atoms with Crippen LogP contribution in [-0.2, 0) is 10.8 Å². The minimum Gasteiger partial charge on any atom is -0.309 e. The van der Waals surface area contributed by atoms with Gasteiger partial charge >= 0.3 is 0 Å². The molecule has 0 bridgehead atoms. The summed E-state index contributed by atoms with van der Waals surface area (Å²) in [5.41, 5.74) is 19.2. The van der Waals surface area contributed by atoms with Crippen LogP contribution in [0.25, 0.3) is 44.2 Å². The Kier molecular flexibility index (Phi) is 8.27. The van der Waals surface area contributed by atoms with E-state index in [2.05, 4.69) is 254 Å². The monoisotopic (exact) mass is 789 g/mol. The molecule has 292 valence electrons. The maximum absolute atomic E-state index is 2.51. The minimum absolute atomic E-state index is 0.333. The van der Waals surface area contributed by atoms with Crippen LogP contribution < -0.4 is 4.90 Å². The summed E-state index contributed by atoms with van der Waals surface area (Å²) in [6.07, 6.45) is 0. The fourth-order valence-corrected chi connectivity index (χ4v) is 11.0. The van der Waals surface area contributed by atoms with Gasteiger partial charge in [-0.3, -0.25) is 0 Å². The topological polar surface area (TPSA) is 3.24 Å². The van der Waals surface area contributed by atoms with Crippen LogP contribution >= 0.6 is 0 Å². The van der Waals surface area contributed by atoms with Crippen molar-refractivity contribution < 1.29 is 0 Å². The number of nitrogens with zero attached hydrogens (tertiary/aromatic N) is 1. The molecule has 2 aliphatic rings. The molecule has 0 spiro atoms. The van der Waals surface area contributed by atoms with Gasteiger partial charge in [-0.2, -0.15) is 0 Å². The molecule has 0 fully saturated rings. The second-order valence-electron chi connectivity index (χ2n) is 16.9. The van der Waals surface area contributed by atoms with Crippen LogP contribution in [0.5, 0.6) is 0 Å². The van der Waals surface area contributed by atoms with Crippen molar-refractivity contribution >= 4 is 27.8 Å². The number of benzene rings is 10. The van der Waals surface area contributed by atoms with E-state index >= 15 is 0 Å². The van der Waals surface area contributed by atoms with Gasteiger partial charge in [-0.1, -0.05) is 212 Å². The lowest BCUT2D eigenvalue weighted by atomic mass is 9.67. The van der Waals surface area contributed by atoms with Crippen LogP contribution in [-0.4, -0.2) is 0 Å². The quantitative estimate of drug-likeness (QED) is 0.155. The average Bonchev–Trinajstić information content (AvgIpc) is 3.79. The number of hydrogen-bond acceptors (Lipinski definition) is 1. The number of para-hydroxylation sites is 1. The van der Waals surface area contributed by atoms with Gasteiger partial charge in [0.15, 0.2) is 0 Å². The molecule has 0 aliphatic heterocycles. The second kappa shape index (κ2) is 14.2. The summed E-state index contributed by atoms with van der Waals surface area (Å²) < 4.78 is 0. The third-order valence-electron chi connectivity index (χ3n) is 13.8. The predicted octanol–water partition coefficient (Wildman–Crippen LogP) is 15.7. The van der Waals surface area contributed by atoms with Gasteiger partial charge in [0, 0.05) is 22.1 Å². The molecule has 0 amide bonds. The number of anilines is 3. The average molecular weight is 790 g/mol. The van der Waals surface area contributed by atoms with E-state index in [1.54, 1.807) is 0 Å². The van der Waals surface area contributed by atoms with E-state index in [9.17, 15) is 0 Å². The summed E-state index contributed by atoms with van der Waals surface area (Å²) in [6, 6.07) is 90.0. The zero-order valence-corrected chi connectivity index (χ0v) is 34.5. The van der Waals surface area contributed by atoms with Crippen molar-refractivity contribution in [3.05, 3.63) is 282 Å². The molecule has 10 aromatic rings. The number of rotatable bonds is 7. The molecule has 1 heteroatoms. The molecular weight excluding hydrogens is 747 g/mol. The zero-order chi connectivity index (χ0) is 41.3. The summed E-state index contributed by atoms with van der Waals surface area (Å²) in [6.45, 7) is 2.40. The van der Waals surface area contributed by atoms with Crippen LogP contribution in [0.15, 0.2) is 243 Å². The normalized spacial score (nSPS) is 15.4. The molecule has 1 unspecified atom stereocenters. The van der Waals surface area contributed by atoms with E-state index in [1.165, 1.54) is 83.1 Å². The maximum Gasteiger partial charge on any atom is 0.0713 e. The van der Waals surface area contributed by atoms with Crippen molar-refractivity contribution in [1.29, 1.82) is 0 Å². The number of hydrogen-bond donors (Lipinski definition) is 0. The van der Waals surface area contributed by atoms with E-state index < -0.39 is 5.41 Å². The fourth-order valence-electron chi connectivity index (χ4n) is 11.0. The van der Waals surface area contributed by atoms with E-state index in [0.717, 1.165) is 17.1 Å². The molecule has 0 radical (unpaired) electrons. The predicted molar refractivity (Wildman–Crippen MR) is 259 cm³/mol. The molecule has 12 rings (SSSR count). The Balaban J connectivity index is 1.11. The van der Waals surface area contributed by atoms with E-state index in [4.69, 9.17) is 0 Å². The summed E-state index contributed by atoms with van der Waals surface area (Å²) in [5.74, 6) is 0. The van der Waals surface area contributed by atoms with Crippen molar-refractivity contribution in [2.45, 2.75) is 17.8 Å². The second-order valence-corrected chi connectivity index (χ2v) is 16.9. The highest BCUT2D eigenvalue weighted by atomic mass is 15.1. The summed E-state index contributed by atoms with van der Waals surface area (Å²) in [5, 5.41) is 2.41. The van der Waals surface area contributed by atoms with E-state index in [1.807, 2.05) is 0 Å². The highest BCUT2D eigenvalue weighted by molar-refractivity contribution is 6.02. The van der Waals surface area contributed by atoms with Gasteiger partial charge in [0.1, 0.15) is 0 Å². The lowest BCUT2D eigenvalue weighted by Gasteiger charge is -2.34. The van der Waals surface area contributed by atoms with Crippen molar-refractivity contribution in [2.75, 3.05) is 4.90 Å². The Bertz CT molecular complexity index is 3270. The molecule has 10 aromatic carbocycles. The molecule has 2 aliphatic carbocycles. The lowest BCUT2D eigenvalue weighted by molar-refractivity contribution is 0.714. The van der Waals surface area contributed by atoms with Gasteiger partial charge < -0.3 is 4.90 Å². The number of fused-ring (bicyclic) bond motifs is 7. The van der Waals surface area contributed by atoms with Crippen molar-refractivity contribution in [1.82, 2.24) is 0 Å². The maximum atomic E-state index is 2.51. The van der Waals surface area contributed by atoms with Gasteiger partial charge in [-0.25, -0.2) is 0 Å². The molecule has 1 nitrogen and oxygen atoms in total. The van der Waals surface area contributed by atoms with Gasteiger partial charge in [-0.15, -0.1) is 0 Å². The largest absolute Gasteiger partial charge is 0.309 e. The molecule has 0 heterocycles. The first kappa shape index (κ1) is 36.1. The Morgan fingerprint density at radius 1 is 0.323 bits per heavy atom. The molecule has 1 atom stereocenters. The standard InChI is InChI=1S/C61H43N/c1-60(44-22-5-2-6-23-44)54-32-16-13-30-50(54)52-39-37-47(41-56(52)60)62(59-35-19-21-42-20-11-12-28-48(42)59)58-34-18-15-29-49(58)43-36-38-53-51-31-14-17-33-55(51)61(57(53)40-43,45-24-7-3-8-25-45)46-26-9-4-10-27-46/h2-41H,1H3. The SMILES string of the molecule is CC1(c2ccccc2)c2ccccc2-c2ccc(N(c3ccccc3-c3ccc4c(c3)C(c3ccccc3)(c3ccccc3)c3ccccc3-4)c3cccc4ccccc34)cc21. The smallest absolute Gasteiger partial charge is 0.0713 e. The minimum atomic E-state index is -0.494. The first-order chi connectivity index (χ1) is 30.7. The van der Waals surface area contributed by atoms with Crippen LogP contribution in [0.3, 0.4) is 0 Å². The Morgan fingerprint density at radius 2 is 0.823 bits per heavy atom. The van der Waals surface area contributed by atoms with Crippen LogP contribution in [0.4, 0.5) is 17.1 Å². The van der Waals surface area contributed by atoms with Gasteiger partial charge in [-0.05, 0) is 109 Å². The zero-order valence-electron chi connectivity index (χ0n) is 34.5. The van der Waals surface area contributed by atoms with Crippen LogP contribution in [0.2, 0.25) is 0 Å².